The zero-order valence-electron chi connectivity index (χ0n) is 9.57. The predicted octanol–water partition coefficient (Wildman–Crippen LogP) is 3.35. The largest absolute Gasteiger partial charge is 0.497 e. The zero-order valence-corrected chi connectivity index (χ0v) is 12.0. The molecule has 0 aliphatic heterocycles. The molecule has 0 saturated carbocycles. The quantitative estimate of drug-likeness (QED) is 0.850. The summed E-state index contributed by atoms with van der Waals surface area (Å²) in [5.41, 5.74) is 6.84. The number of anilines is 2. The van der Waals surface area contributed by atoms with Crippen molar-refractivity contribution in [3.8, 4) is 5.75 Å². The number of hydrogen-bond donors (Lipinski definition) is 2. The first kappa shape index (κ1) is 12.9. The summed E-state index contributed by atoms with van der Waals surface area (Å²) in [5.74, 6) is 0.446. The first-order chi connectivity index (χ1) is 8.61. The number of ether oxygens (including phenoxy) is 1. The second kappa shape index (κ2) is 5.41. The molecule has 0 fully saturated rings. The summed E-state index contributed by atoms with van der Waals surface area (Å²) in [4.78, 5) is 12.6. The topological polar surface area (TPSA) is 64.3 Å². The van der Waals surface area contributed by atoms with E-state index in [4.69, 9.17) is 10.5 Å². The van der Waals surface area contributed by atoms with Crippen molar-refractivity contribution in [3.05, 3.63) is 39.0 Å². The van der Waals surface area contributed by atoms with E-state index in [-0.39, 0.29) is 5.91 Å². The monoisotopic (exact) mass is 326 g/mol. The van der Waals surface area contributed by atoms with Crippen LogP contribution >= 0.6 is 27.3 Å². The van der Waals surface area contributed by atoms with Gasteiger partial charge in [0.2, 0.25) is 0 Å². The van der Waals surface area contributed by atoms with Crippen molar-refractivity contribution in [1.29, 1.82) is 0 Å². The van der Waals surface area contributed by atoms with Crippen LogP contribution in [0.15, 0.2) is 34.1 Å². The first-order valence-electron chi connectivity index (χ1n) is 5.09. The molecule has 0 bridgehead atoms. The van der Waals surface area contributed by atoms with E-state index < -0.39 is 0 Å². The molecule has 2 aromatic rings. The number of hydrogen-bond acceptors (Lipinski definition) is 4. The summed E-state index contributed by atoms with van der Waals surface area (Å²) in [6, 6.07) is 6.95. The van der Waals surface area contributed by atoms with Crippen LogP contribution in [0.2, 0.25) is 0 Å². The molecule has 4 nitrogen and oxygen atoms in total. The van der Waals surface area contributed by atoms with Crippen LogP contribution < -0.4 is 15.8 Å². The molecule has 3 N–H and O–H groups in total. The Morgan fingerprint density at radius 2 is 2.22 bits per heavy atom. The Bertz CT molecular complexity index is 583. The van der Waals surface area contributed by atoms with Crippen LogP contribution in [0.1, 0.15) is 9.67 Å². The summed E-state index contributed by atoms with van der Waals surface area (Å²) in [5, 5.41) is 4.61. The van der Waals surface area contributed by atoms with Gasteiger partial charge in [0.15, 0.2) is 0 Å². The highest BCUT2D eigenvalue weighted by molar-refractivity contribution is 9.10. The van der Waals surface area contributed by atoms with Crippen molar-refractivity contribution in [1.82, 2.24) is 0 Å². The van der Waals surface area contributed by atoms with E-state index in [1.807, 2.05) is 11.4 Å². The number of carbonyl (C=O) groups excluding carboxylic acids is 1. The maximum atomic E-state index is 12.0. The molecule has 94 valence electrons. The van der Waals surface area contributed by atoms with Gasteiger partial charge in [-0.3, -0.25) is 4.79 Å². The summed E-state index contributed by atoms with van der Waals surface area (Å²) in [6.07, 6.45) is 0. The summed E-state index contributed by atoms with van der Waals surface area (Å²) >= 11 is 4.68. The SMILES string of the molecule is COc1ccc(N)c(NC(=O)c2sccc2Br)c1. The van der Waals surface area contributed by atoms with E-state index in [1.54, 1.807) is 25.3 Å². The Morgan fingerprint density at radius 3 is 2.83 bits per heavy atom. The Morgan fingerprint density at radius 1 is 1.44 bits per heavy atom. The Balaban J connectivity index is 2.24. The average molecular weight is 327 g/mol. The third-order valence-electron chi connectivity index (χ3n) is 2.33. The van der Waals surface area contributed by atoms with E-state index in [0.717, 1.165) is 4.47 Å². The highest BCUT2D eigenvalue weighted by atomic mass is 79.9. The number of rotatable bonds is 3. The van der Waals surface area contributed by atoms with Gasteiger partial charge in [-0.25, -0.2) is 0 Å². The molecule has 1 heterocycles. The number of halogens is 1. The van der Waals surface area contributed by atoms with Gasteiger partial charge in [0.25, 0.3) is 5.91 Å². The molecule has 0 atom stereocenters. The normalized spacial score (nSPS) is 10.1. The molecular weight excluding hydrogens is 316 g/mol. The Hall–Kier alpha value is -1.53. The van der Waals surface area contributed by atoms with E-state index in [9.17, 15) is 4.79 Å². The molecule has 0 aliphatic rings. The van der Waals surface area contributed by atoms with Gasteiger partial charge >= 0.3 is 0 Å². The predicted molar refractivity (Wildman–Crippen MR) is 77.4 cm³/mol. The highest BCUT2D eigenvalue weighted by Crippen LogP contribution is 2.27. The summed E-state index contributed by atoms with van der Waals surface area (Å²) < 4.78 is 5.86. The van der Waals surface area contributed by atoms with Crippen LogP contribution in [-0.2, 0) is 0 Å². The van der Waals surface area contributed by atoms with Gasteiger partial charge in [-0.05, 0) is 39.5 Å². The highest BCUT2D eigenvalue weighted by Gasteiger charge is 2.13. The fourth-order valence-corrected chi connectivity index (χ4v) is 2.85. The van der Waals surface area contributed by atoms with Gasteiger partial charge in [0.05, 0.1) is 18.5 Å². The lowest BCUT2D eigenvalue weighted by Crippen LogP contribution is -2.12. The molecule has 0 aliphatic carbocycles. The standard InChI is InChI=1S/C12H11BrN2O2S/c1-17-7-2-3-9(14)10(6-7)15-12(16)11-8(13)4-5-18-11/h2-6H,14H2,1H3,(H,15,16). The van der Waals surface area contributed by atoms with Crippen molar-refractivity contribution in [3.63, 3.8) is 0 Å². The fraction of sp³-hybridized carbons (Fsp3) is 0.0833. The van der Waals surface area contributed by atoms with Gasteiger partial charge in [0, 0.05) is 10.5 Å². The van der Waals surface area contributed by atoms with Crippen LogP contribution in [-0.4, -0.2) is 13.0 Å². The van der Waals surface area contributed by atoms with Gasteiger partial charge in [0.1, 0.15) is 10.6 Å². The van der Waals surface area contributed by atoms with Crippen LogP contribution in [0, 0.1) is 0 Å². The summed E-state index contributed by atoms with van der Waals surface area (Å²) in [7, 11) is 1.56. The van der Waals surface area contributed by atoms with Crippen LogP contribution in [0.25, 0.3) is 0 Å². The number of nitrogens with one attached hydrogen (secondary N) is 1. The Kier molecular flexibility index (Phi) is 3.88. The smallest absolute Gasteiger partial charge is 0.266 e. The van der Waals surface area contributed by atoms with E-state index in [2.05, 4.69) is 21.2 Å². The lowest BCUT2D eigenvalue weighted by Gasteiger charge is -2.09. The fourth-order valence-electron chi connectivity index (χ4n) is 1.41. The molecule has 0 unspecified atom stereocenters. The second-order valence-corrected chi connectivity index (χ2v) is 5.28. The minimum absolute atomic E-state index is 0.197. The molecule has 0 radical (unpaired) electrons. The minimum Gasteiger partial charge on any atom is -0.497 e. The molecule has 6 heteroatoms. The molecule has 0 spiro atoms. The van der Waals surface area contributed by atoms with Gasteiger partial charge in [-0.2, -0.15) is 0 Å². The van der Waals surface area contributed by atoms with Crippen molar-refractivity contribution in [2.45, 2.75) is 0 Å². The van der Waals surface area contributed by atoms with Gasteiger partial charge in [-0.1, -0.05) is 0 Å². The second-order valence-electron chi connectivity index (χ2n) is 3.50. The van der Waals surface area contributed by atoms with Gasteiger partial charge < -0.3 is 15.8 Å². The first-order valence-corrected chi connectivity index (χ1v) is 6.77. The van der Waals surface area contributed by atoms with Crippen molar-refractivity contribution in [2.75, 3.05) is 18.2 Å². The number of nitrogen functional groups attached to an aromatic ring is 1. The van der Waals surface area contributed by atoms with E-state index in [0.29, 0.717) is 22.0 Å². The number of carbonyl (C=O) groups is 1. The minimum atomic E-state index is -0.197. The average Bonchev–Trinajstić information content (AvgIpc) is 2.78. The maximum Gasteiger partial charge on any atom is 0.266 e. The number of thiophene rings is 1. The molecule has 2 rings (SSSR count). The number of amides is 1. The molecule has 1 aromatic heterocycles. The molecule has 0 saturated heterocycles. The van der Waals surface area contributed by atoms with Crippen LogP contribution in [0.3, 0.4) is 0 Å². The van der Waals surface area contributed by atoms with Crippen molar-refractivity contribution in [2.24, 2.45) is 0 Å². The molecule has 1 amide bonds. The molecule has 1 aromatic carbocycles. The number of benzene rings is 1. The van der Waals surface area contributed by atoms with Gasteiger partial charge in [-0.15, -0.1) is 11.3 Å². The number of methoxy groups -OCH3 is 1. The van der Waals surface area contributed by atoms with Crippen LogP contribution in [0.4, 0.5) is 11.4 Å². The molecule has 18 heavy (non-hydrogen) atoms. The van der Waals surface area contributed by atoms with Crippen LogP contribution in [0.5, 0.6) is 5.75 Å². The van der Waals surface area contributed by atoms with E-state index in [1.165, 1.54) is 11.3 Å². The maximum absolute atomic E-state index is 12.0. The number of nitrogens with two attached hydrogens (primary N) is 1. The Labute approximate surface area is 117 Å². The zero-order chi connectivity index (χ0) is 13.1. The van der Waals surface area contributed by atoms with Crippen molar-refractivity contribution >= 4 is 44.5 Å². The van der Waals surface area contributed by atoms with E-state index >= 15 is 0 Å². The lowest BCUT2D eigenvalue weighted by atomic mass is 10.2. The molecular formula is C12H11BrN2O2S. The third-order valence-corrected chi connectivity index (χ3v) is 4.17. The van der Waals surface area contributed by atoms with Crippen molar-refractivity contribution < 1.29 is 9.53 Å². The third kappa shape index (κ3) is 2.65. The summed E-state index contributed by atoms with van der Waals surface area (Å²) in [6.45, 7) is 0. The lowest BCUT2D eigenvalue weighted by molar-refractivity contribution is 0.103.